The standard InChI is InChI=1S/C21H26N2O6S/c1-28-14-18-11-16(17-4-6-20(22-12-17)30(2,26)27)3-5-19(18)29-13-15-7-9-23(10-8-15)21(24)25/h3-6,11-12,15H,7-10,13-14H2,1-2H3,(H,24,25). The van der Waals surface area contributed by atoms with Crippen LogP contribution in [0.5, 0.6) is 5.75 Å². The van der Waals surface area contributed by atoms with Crippen molar-refractivity contribution < 1.29 is 27.8 Å². The summed E-state index contributed by atoms with van der Waals surface area (Å²) < 4.78 is 34.5. The minimum atomic E-state index is -3.34. The highest BCUT2D eigenvalue weighted by Crippen LogP contribution is 2.29. The van der Waals surface area contributed by atoms with Crippen molar-refractivity contribution in [3.05, 3.63) is 42.1 Å². The number of pyridine rings is 1. The van der Waals surface area contributed by atoms with Gasteiger partial charge in [0.25, 0.3) is 0 Å². The molecular weight excluding hydrogens is 408 g/mol. The lowest BCUT2D eigenvalue weighted by Crippen LogP contribution is -2.38. The van der Waals surface area contributed by atoms with Crippen LogP contribution in [0.1, 0.15) is 18.4 Å². The van der Waals surface area contributed by atoms with Gasteiger partial charge in [-0.15, -0.1) is 0 Å². The van der Waals surface area contributed by atoms with Crippen molar-refractivity contribution in [1.82, 2.24) is 9.88 Å². The fraction of sp³-hybridized carbons (Fsp3) is 0.429. The molecule has 3 rings (SSSR count). The Morgan fingerprint density at radius 2 is 1.90 bits per heavy atom. The van der Waals surface area contributed by atoms with Crippen LogP contribution in [-0.2, 0) is 21.2 Å². The second kappa shape index (κ2) is 9.44. The normalized spacial score (nSPS) is 15.2. The van der Waals surface area contributed by atoms with Crippen molar-refractivity contribution in [3.8, 4) is 16.9 Å². The van der Waals surface area contributed by atoms with Gasteiger partial charge < -0.3 is 19.5 Å². The van der Waals surface area contributed by atoms with E-state index in [0.29, 0.717) is 32.2 Å². The third-order valence-corrected chi connectivity index (χ3v) is 6.17. The van der Waals surface area contributed by atoms with E-state index in [1.165, 1.54) is 11.0 Å². The van der Waals surface area contributed by atoms with E-state index in [4.69, 9.17) is 14.6 Å². The summed E-state index contributed by atoms with van der Waals surface area (Å²) in [4.78, 5) is 16.5. The van der Waals surface area contributed by atoms with Gasteiger partial charge in [0.2, 0.25) is 0 Å². The van der Waals surface area contributed by atoms with Gasteiger partial charge in [0.15, 0.2) is 14.9 Å². The first-order valence-corrected chi connectivity index (χ1v) is 11.6. The van der Waals surface area contributed by atoms with Crippen LogP contribution in [0.4, 0.5) is 4.79 Å². The molecule has 0 spiro atoms. The molecule has 0 aliphatic carbocycles. The number of aromatic nitrogens is 1. The molecule has 30 heavy (non-hydrogen) atoms. The Morgan fingerprint density at radius 3 is 2.47 bits per heavy atom. The molecule has 1 saturated heterocycles. The van der Waals surface area contributed by atoms with Gasteiger partial charge in [-0.1, -0.05) is 6.07 Å². The van der Waals surface area contributed by atoms with Gasteiger partial charge in [0.05, 0.1) is 13.2 Å². The van der Waals surface area contributed by atoms with Crippen LogP contribution >= 0.6 is 0 Å². The van der Waals surface area contributed by atoms with Crippen LogP contribution in [0.3, 0.4) is 0 Å². The molecule has 1 aliphatic heterocycles. The first kappa shape index (κ1) is 22.0. The summed E-state index contributed by atoms with van der Waals surface area (Å²) in [5, 5.41) is 9.09. The lowest BCUT2D eigenvalue weighted by molar-refractivity contribution is 0.110. The summed E-state index contributed by atoms with van der Waals surface area (Å²) >= 11 is 0. The van der Waals surface area contributed by atoms with Gasteiger partial charge in [-0.3, -0.25) is 0 Å². The van der Waals surface area contributed by atoms with Crippen molar-refractivity contribution in [2.75, 3.05) is 33.1 Å². The minimum Gasteiger partial charge on any atom is -0.493 e. The Labute approximate surface area is 176 Å². The first-order chi connectivity index (χ1) is 14.3. The largest absolute Gasteiger partial charge is 0.493 e. The highest BCUT2D eigenvalue weighted by molar-refractivity contribution is 7.90. The molecule has 0 saturated carbocycles. The summed E-state index contributed by atoms with van der Waals surface area (Å²) in [5.41, 5.74) is 2.56. The third-order valence-electron chi connectivity index (χ3n) is 5.17. The lowest BCUT2D eigenvalue weighted by atomic mass is 9.98. The second-order valence-electron chi connectivity index (χ2n) is 7.44. The molecule has 0 atom stereocenters. The number of nitrogens with zero attached hydrogens (tertiary/aromatic N) is 2. The maximum atomic E-state index is 11.6. The maximum Gasteiger partial charge on any atom is 0.407 e. The molecule has 1 amide bonds. The van der Waals surface area contributed by atoms with Gasteiger partial charge in [-0.2, -0.15) is 0 Å². The number of ether oxygens (including phenoxy) is 2. The van der Waals surface area contributed by atoms with Crippen molar-refractivity contribution in [3.63, 3.8) is 0 Å². The number of methoxy groups -OCH3 is 1. The molecule has 1 aromatic carbocycles. The van der Waals surface area contributed by atoms with Crippen molar-refractivity contribution in [2.45, 2.75) is 24.5 Å². The molecule has 0 bridgehead atoms. The number of benzene rings is 1. The van der Waals surface area contributed by atoms with Gasteiger partial charge in [-0.25, -0.2) is 18.2 Å². The van der Waals surface area contributed by atoms with Gasteiger partial charge in [0.1, 0.15) is 5.75 Å². The van der Waals surface area contributed by atoms with Crippen molar-refractivity contribution >= 4 is 15.9 Å². The van der Waals surface area contributed by atoms with E-state index < -0.39 is 15.9 Å². The predicted molar refractivity (Wildman–Crippen MR) is 111 cm³/mol. The van der Waals surface area contributed by atoms with E-state index in [0.717, 1.165) is 41.5 Å². The molecule has 8 nitrogen and oxygen atoms in total. The zero-order valence-electron chi connectivity index (χ0n) is 17.1. The summed E-state index contributed by atoms with van der Waals surface area (Å²) in [6, 6.07) is 8.95. The fourth-order valence-corrected chi connectivity index (χ4v) is 4.00. The third kappa shape index (κ3) is 5.48. The van der Waals surface area contributed by atoms with Gasteiger partial charge in [0, 0.05) is 43.8 Å². The number of hydrogen-bond donors (Lipinski definition) is 1. The number of sulfone groups is 1. The van der Waals surface area contributed by atoms with Crippen LogP contribution in [0.15, 0.2) is 41.6 Å². The Hall–Kier alpha value is -2.65. The van der Waals surface area contributed by atoms with Crippen molar-refractivity contribution in [2.24, 2.45) is 5.92 Å². The second-order valence-corrected chi connectivity index (χ2v) is 9.40. The topological polar surface area (TPSA) is 106 Å². The van der Waals surface area contributed by atoms with E-state index in [9.17, 15) is 13.2 Å². The number of carboxylic acid groups (broad SMARTS) is 1. The summed E-state index contributed by atoms with van der Waals surface area (Å²) in [5.74, 6) is 1.03. The highest BCUT2D eigenvalue weighted by Gasteiger charge is 2.23. The average Bonchev–Trinajstić information content (AvgIpc) is 2.73. The summed E-state index contributed by atoms with van der Waals surface area (Å²) in [7, 11) is -1.73. The quantitative estimate of drug-likeness (QED) is 0.714. The van der Waals surface area contributed by atoms with E-state index >= 15 is 0 Å². The number of hydrogen-bond acceptors (Lipinski definition) is 6. The molecule has 1 N–H and O–H groups in total. The molecule has 9 heteroatoms. The van der Waals surface area contributed by atoms with E-state index in [1.807, 2.05) is 18.2 Å². The molecule has 162 valence electrons. The molecule has 1 aromatic heterocycles. The van der Waals surface area contributed by atoms with Crippen LogP contribution in [0.2, 0.25) is 0 Å². The lowest BCUT2D eigenvalue weighted by Gasteiger charge is -2.30. The molecule has 2 aromatic rings. The summed E-state index contributed by atoms with van der Waals surface area (Å²) in [6.45, 7) is 1.96. The summed E-state index contributed by atoms with van der Waals surface area (Å²) in [6.07, 6.45) is 3.36. The van der Waals surface area contributed by atoms with Crippen LogP contribution in [-0.4, -0.2) is 62.6 Å². The minimum absolute atomic E-state index is 0.0391. The monoisotopic (exact) mass is 434 g/mol. The predicted octanol–water partition coefficient (Wildman–Crippen LogP) is 3.07. The van der Waals surface area contributed by atoms with Gasteiger partial charge in [-0.05, 0) is 48.6 Å². The Bertz CT molecular complexity index is 983. The SMILES string of the molecule is COCc1cc(-c2ccc(S(C)(=O)=O)nc2)ccc1OCC1CCN(C(=O)O)CC1. The number of carbonyl (C=O) groups is 1. The smallest absolute Gasteiger partial charge is 0.407 e. The molecule has 0 unspecified atom stereocenters. The van der Waals surface area contributed by atoms with Crippen LogP contribution in [0, 0.1) is 5.92 Å². The molecular formula is C21H26N2O6S. The average molecular weight is 435 g/mol. The molecule has 1 aliphatic rings. The Kier molecular flexibility index (Phi) is 6.94. The molecule has 1 fully saturated rings. The zero-order valence-corrected chi connectivity index (χ0v) is 17.9. The van der Waals surface area contributed by atoms with E-state index in [1.54, 1.807) is 19.4 Å². The number of likely N-dealkylation sites (tertiary alicyclic amines) is 1. The van der Waals surface area contributed by atoms with Crippen LogP contribution < -0.4 is 4.74 Å². The van der Waals surface area contributed by atoms with Gasteiger partial charge >= 0.3 is 6.09 Å². The van der Waals surface area contributed by atoms with Crippen molar-refractivity contribution in [1.29, 1.82) is 0 Å². The maximum absolute atomic E-state index is 11.6. The Morgan fingerprint density at radius 1 is 1.20 bits per heavy atom. The Balaban J connectivity index is 1.70. The fourth-order valence-electron chi connectivity index (χ4n) is 3.44. The number of amides is 1. The van der Waals surface area contributed by atoms with E-state index in [-0.39, 0.29) is 5.03 Å². The highest BCUT2D eigenvalue weighted by atomic mass is 32.2. The van der Waals surface area contributed by atoms with E-state index in [2.05, 4.69) is 4.98 Å². The zero-order chi connectivity index (χ0) is 21.7. The molecule has 0 radical (unpaired) electrons. The van der Waals surface area contributed by atoms with Crippen LogP contribution in [0.25, 0.3) is 11.1 Å². The molecule has 2 heterocycles. The first-order valence-electron chi connectivity index (χ1n) is 9.67. The number of piperidine rings is 1. The number of rotatable bonds is 7.